The Balaban J connectivity index is 1.61. The second kappa shape index (κ2) is 6.29. The molecule has 3 aromatic rings. The van der Waals surface area contributed by atoms with Crippen molar-refractivity contribution in [2.24, 2.45) is 0 Å². The number of hydrogen-bond acceptors (Lipinski definition) is 5. The van der Waals surface area contributed by atoms with E-state index in [0.29, 0.717) is 12.6 Å². The maximum atomic E-state index is 12.2. The average molecular weight is 329 g/mol. The molecule has 1 fully saturated rings. The number of fused-ring (bicyclic) bond motifs is 1. The molecule has 0 amide bonds. The van der Waals surface area contributed by atoms with Gasteiger partial charge in [-0.15, -0.1) is 11.3 Å². The molecule has 1 saturated carbocycles. The molecule has 0 spiro atoms. The van der Waals surface area contributed by atoms with Gasteiger partial charge >= 0.3 is 0 Å². The van der Waals surface area contributed by atoms with Gasteiger partial charge in [0.2, 0.25) is 0 Å². The van der Waals surface area contributed by atoms with E-state index in [1.807, 2.05) is 17.5 Å². The van der Waals surface area contributed by atoms with Crippen LogP contribution in [0.1, 0.15) is 37.1 Å². The molecule has 0 radical (unpaired) electrons. The molecule has 0 atom stereocenters. The summed E-state index contributed by atoms with van der Waals surface area (Å²) >= 11 is 1.50. The van der Waals surface area contributed by atoms with Crippen molar-refractivity contribution in [2.45, 2.75) is 44.8 Å². The normalized spacial score (nSPS) is 15.9. The average Bonchev–Trinajstić information content (AvgIpc) is 3.29. The van der Waals surface area contributed by atoms with Gasteiger partial charge in [-0.25, -0.2) is 4.98 Å². The van der Waals surface area contributed by atoms with Crippen LogP contribution in [0.15, 0.2) is 45.3 Å². The van der Waals surface area contributed by atoms with E-state index in [1.165, 1.54) is 37.0 Å². The molecule has 0 bridgehead atoms. The van der Waals surface area contributed by atoms with E-state index < -0.39 is 0 Å². The Morgan fingerprint density at radius 1 is 1.35 bits per heavy atom. The first kappa shape index (κ1) is 14.7. The lowest BCUT2D eigenvalue weighted by atomic mass is 10.2. The van der Waals surface area contributed by atoms with Gasteiger partial charge in [0.1, 0.15) is 5.76 Å². The SMILES string of the molecule is O=c1cc(CN(Cc2ccco2)C2CCCC2)nc2sccn12. The van der Waals surface area contributed by atoms with Crippen molar-refractivity contribution < 1.29 is 4.42 Å². The molecule has 0 N–H and O–H groups in total. The van der Waals surface area contributed by atoms with Crippen LogP contribution in [0, 0.1) is 0 Å². The van der Waals surface area contributed by atoms with Crippen LogP contribution in [0.2, 0.25) is 0 Å². The molecule has 120 valence electrons. The zero-order valence-corrected chi connectivity index (χ0v) is 13.7. The molecule has 0 aromatic carbocycles. The van der Waals surface area contributed by atoms with E-state index in [9.17, 15) is 4.79 Å². The van der Waals surface area contributed by atoms with Crippen LogP contribution in [0.25, 0.3) is 4.96 Å². The van der Waals surface area contributed by atoms with E-state index in [0.717, 1.165) is 23.0 Å². The quantitative estimate of drug-likeness (QED) is 0.721. The first-order valence-corrected chi connectivity index (χ1v) is 8.90. The van der Waals surface area contributed by atoms with Crippen molar-refractivity contribution in [1.82, 2.24) is 14.3 Å². The minimum Gasteiger partial charge on any atom is -0.468 e. The highest BCUT2D eigenvalue weighted by Gasteiger charge is 2.24. The Morgan fingerprint density at radius 2 is 2.22 bits per heavy atom. The van der Waals surface area contributed by atoms with Gasteiger partial charge in [-0.2, -0.15) is 0 Å². The van der Waals surface area contributed by atoms with Crippen molar-refractivity contribution in [2.75, 3.05) is 0 Å². The molecule has 6 heteroatoms. The highest BCUT2D eigenvalue weighted by atomic mass is 32.1. The number of rotatable bonds is 5. The van der Waals surface area contributed by atoms with Crippen molar-refractivity contribution in [1.29, 1.82) is 0 Å². The molecule has 1 aliphatic rings. The fourth-order valence-electron chi connectivity index (χ4n) is 3.36. The minimum atomic E-state index is -0.00406. The van der Waals surface area contributed by atoms with Crippen molar-refractivity contribution in [3.8, 4) is 0 Å². The fourth-order valence-corrected chi connectivity index (χ4v) is 4.10. The fraction of sp³-hybridized carbons (Fsp3) is 0.412. The summed E-state index contributed by atoms with van der Waals surface area (Å²) in [6, 6.07) is 6.13. The first-order chi connectivity index (χ1) is 11.3. The van der Waals surface area contributed by atoms with Gasteiger partial charge in [0, 0.05) is 30.2 Å². The van der Waals surface area contributed by atoms with Crippen LogP contribution in [0.4, 0.5) is 0 Å². The largest absolute Gasteiger partial charge is 0.468 e. The second-order valence-electron chi connectivity index (χ2n) is 6.06. The van der Waals surface area contributed by atoms with E-state index in [1.54, 1.807) is 22.9 Å². The Hall–Kier alpha value is -1.92. The van der Waals surface area contributed by atoms with Crippen LogP contribution in [0.3, 0.4) is 0 Å². The Kier molecular flexibility index (Phi) is 4.01. The summed E-state index contributed by atoms with van der Waals surface area (Å²) < 4.78 is 7.11. The Bertz CT molecular complexity index is 831. The van der Waals surface area contributed by atoms with E-state index >= 15 is 0 Å². The zero-order chi connectivity index (χ0) is 15.6. The van der Waals surface area contributed by atoms with Gasteiger partial charge in [0.15, 0.2) is 4.96 Å². The molecule has 0 unspecified atom stereocenters. The van der Waals surface area contributed by atoms with Gasteiger partial charge in [-0.3, -0.25) is 14.1 Å². The Labute approximate surface area is 138 Å². The number of thiazole rings is 1. The van der Waals surface area contributed by atoms with Crippen molar-refractivity contribution >= 4 is 16.3 Å². The Morgan fingerprint density at radius 3 is 3.00 bits per heavy atom. The standard InChI is InChI=1S/C17H19N3O2S/c21-16-10-13(18-17-20(16)7-9-23-17)11-19(14-4-1-2-5-14)12-15-6-3-8-22-15/h3,6-10,14H,1-2,4-5,11-12H2. The van der Waals surface area contributed by atoms with Crippen molar-refractivity contribution in [3.63, 3.8) is 0 Å². The molecular formula is C17H19N3O2S. The summed E-state index contributed by atoms with van der Waals surface area (Å²) in [7, 11) is 0. The first-order valence-electron chi connectivity index (χ1n) is 8.02. The number of nitrogens with zero attached hydrogens (tertiary/aromatic N) is 3. The molecule has 3 aromatic heterocycles. The number of furan rings is 1. The maximum Gasteiger partial charge on any atom is 0.258 e. The monoisotopic (exact) mass is 329 g/mol. The highest BCUT2D eigenvalue weighted by molar-refractivity contribution is 7.15. The zero-order valence-electron chi connectivity index (χ0n) is 12.9. The molecule has 5 nitrogen and oxygen atoms in total. The van der Waals surface area contributed by atoms with E-state index in [4.69, 9.17) is 4.42 Å². The predicted octanol–water partition coefficient (Wildman–Crippen LogP) is 3.29. The summed E-state index contributed by atoms with van der Waals surface area (Å²) in [5, 5.41) is 1.89. The molecule has 0 aliphatic heterocycles. The molecule has 3 heterocycles. The topological polar surface area (TPSA) is 50.8 Å². The third-order valence-corrected chi connectivity index (χ3v) is 5.26. The van der Waals surface area contributed by atoms with Crippen molar-refractivity contribution in [3.05, 3.63) is 57.8 Å². The summed E-state index contributed by atoms with van der Waals surface area (Å²) in [6.45, 7) is 1.46. The van der Waals surface area contributed by atoms with Crippen LogP contribution in [-0.4, -0.2) is 20.3 Å². The summed E-state index contributed by atoms with van der Waals surface area (Å²) in [4.78, 5) is 20.0. The predicted molar refractivity (Wildman–Crippen MR) is 89.6 cm³/mol. The van der Waals surface area contributed by atoms with Gasteiger partial charge in [-0.1, -0.05) is 12.8 Å². The maximum absolute atomic E-state index is 12.2. The lowest BCUT2D eigenvalue weighted by Gasteiger charge is -2.27. The van der Waals surface area contributed by atoms with E-state index in [2.05, 4.69) is 9.88 Å². The van der Waals surface area contributed by atoms with Crippen LogP contribution >= 0.6 is 11.3 Å². The summed E-state index contributed by atoms with van der Waals surface area (Å²) in [5.41, 5.74) is 0.839. The smallest absolute Gasteiger partial charge is 0.258 e. The van der Waals surface area contributed by atoms with Gasteiger partial charge in [0.25, 0.3) is 5.56 Å². The van der Waals surface area contributed by atoms with Crippen LogP contribution in [-0.2, 0) is 13.1 Å². The van der Waals surface area contributed by atoms with E-state index in [-0.39, 0.29) is 5.56 Å². The number of aromatic nitrogens is 2. The van der Waals surface area contributed by atoms with Gasteiger partial charge in [-0.05, 0) is 25.0 Å². The summed E-state index contributed by atoms with van der Waals surface area (Å²) in [5.74, 6) is 0.964. The minimum absolute atomic E-state index is 0.00406. The third-order valence-electron chi connectivity index (χ3n) is 4.50. The highest BCUT2D eigenvalue weighted by Crippen LogP contribution is 2.26. The molecule has 23 heavy (non-hydrogen) atoms. The lowest BCUT2D eigenvalue weighted by Crippen LogP contribution is -2.33. The molecule has 0 saturated heterocycles. The molecular weight excluding hydrogens is 310 g/mol. The summed E-state index contributed by atoms with van der Waals surface area (Å²) in [6.07, 6.45) is 8.46. The third kappa shape index (κ3) is 3.09. The van der Waals surface area contributed by atoms with Crippen LogP contribution in [0.5, 0.6) is 0 Å². The molecule has 1 aliphatic carbocycles. The second-order valence-corrected chi connectivity index (χ2v) is 6.94. The number of hydrogen-bond donors (Lipinski definition) is 0. The van der Waals surface area contributed by atoms with Gasteiger partial charge < -0.3 is 4.42 Å². The molecule has 4 rings (SSSR count). The van der Waals surface area contributed by atoms with Gasteiger partial charge in [0.05, 0.1) is 18.5 Å². The van der Waals surface area contributed by atoms with Crippen LogP contribution < -0.4 is 5.56 Å². The lowest BCUT2D eigenvalue weighted by molar-refractivity contribution is 0.165.